The number of para-hydroxylation sites is 1. The van der Waals surface area contributed by atoms with E-state index >= 15 is 0 Å². The quantitative estimate of drug-likeness (QED) is 0.230. The van der Waals surface area contributed by atoms with Gasteiger partial charge in [-0.15, -0.1) is 0 Å². The maximum atomic E-state index is 7.05. The minimum Gasteiger partial charge on any atom is -0.484 e. The van der Waals surface area contributed by atoms with Crippen LogP contribution in [0.1, 0.15) is 83.4 Å². The van der Waals surface area contributed by atoms with E-state index in [-0.39, 0.29) is 16.9 Å². The van der Waals surface area contributed by atoms with Gasteiger partial charge in [-0.2, -0.15) is 0 Å². The van der Waals surface area contributed by atoms with E-state index in [1.807, 2.05) is 5.57 Å². The first-order valence-electron chi connectivity index (χ1n) is 16.1. The first-order chi connectivity index (χ1) is 20.8. The summed E-state index contributed by atoms with van der Waals surface area (Å²) in [6, 6.07) is 36.9. The molecule has 0 saturated carbocycles. The maximum Gasteiger partial charge on any atom is 0.136 e. The molecule has 0 bridgehead atoms. The van der Waals surface area contributed by atoms with E-state index in [2.05, 4.69) is 97.1 Å². The van der Waals surface area contributed by atoms with Gasteiger partial charge < -0.3 is 4.74 Å². The Bertz CT molecular complexity index is 2000. The minimum atomic E-state index is 0.0159. The van der Waals surface area contributed by atoms with E-state index in [1.54, 1.807) is 27.8 Å². The summed E-state index contributed by atoms with van der Waals surface area (Å²) in [5.74, 6) is 1.37. The Kier molecular flexibility index (Phi) is 3.99. The average Bonchev–Trinajstić information content (AvgIpc) is 3.71. The number of benzene rings is 4. The highest BCUT2D eigenvalue weighted by Crippen LogP contribution is 2.80. The second-order valence-electron chi connectivity index (χ2n) is 13.7. The molecule has 0 fully saturated rings. The molecule has 0 saturated heterocycles. The number of rotatable bonds is 2. The van der Waals surface area contributed by atoms with Gasteiger partial charge in [-0.05, 0) is 107 Å². The normalized spacial score (nSPS) is 30.0. The Hall–Kier alpha value is -4.10. The van der Waals surface area contributed by atoms with Crippen LogP contribution in [-0.2, 0) is 17.3 Å². The van der Waals surface area contributed by atoms with Crippen molar-refractivity contribution in [1.29, 1.82) is 0 Å². The summed E-state index contributed by atoms with van der Waals surface area (Å²) in [5.41, 5.74) is 20.5. The summed E-state index contributed by atoms with van der Waals surface area (Å²) in [6.45, 7) is 0. The molecule has 7 aliphatic rings. The molecule has 4 aromatic rings. The molecule has 4 atom stereocenters. The molecule has 42 heavy (non-hydrogen) atoms. The molecule has 202 valence electrons. The Morgan fingerprint density at radius 1 is 0.690 bits per heavy atom. The lowest BCUT2D eigenvalue weighted by Crippen LogP contribution is -2.39. The number of allylic oxidation sites excluding steroid dienone is 4. The highest BCUT2D eigenvalue weighted by Gasteiger charge is 2.71. The van der Waals surface area contributed by atoms with Crippen molar-refractivity contribution in [3.05, 3.63) is 158 Å². The van der Waals surface area contributed by atoms with Crippen LogP contribution in [-0.4, -0.2) is 6.10 Å². The zero-order valence-electron chi connectivity index (χ0n) is 23.8. The van der Waals surface area contributed by atoms with E-state index in [4.69, 9.17) is 4.74 Å². The number of hydrogen-bond acceptors (Lipinski definition) is 1. The topological polar surface area (TPSA) is 9.23 Å². The number of hydrogen-bond donors (Lipinski definition) is 0. The van der Waals surface area contributed by atoms with Crippen LogP contribution in [0.2, 0.25) is 0 Å². The lowest BCUT2D eigenvalue weighted by Gasteiger charge is -2.46. The molecule has 1 aliphatic heterocycles. The third kappa shape index (κ3) is 2.33. The summed E-state index contributed by atoms with van der Waals surface area (Å²) < 4.78 is 7.05. The molecule has 1 heteroatoms. The van der Waals surface area contributed by atoms with Gasteiger partial charge in [0.05, 0.1) is 0 Å². The average molecular weight is 541 g/mol. The van der Waals surface area contributed by atoms with Crippen LogP contribution < -0.4 is 4.74 Å². The van der Waals surface area contributed by atoms with Crippen molar-refractivity contribution in [2.24, 2.45) is 0 Å². The highest BCUT2D eigenvalue weighted by atomic mass is 16.5. The Morgan fingerprint density at radius 2 is 1.48 bits per heavy atom. The van der Waals surface area contributed by atoms with Crippen LogP contribution in [0.3, 0.4) is 0 Å². The molecule has 11 rings (SSSR count). The van der Waals surface area contributed by atoms with Crippen LogP contribution in [0, 0.1) is 0 Å². The van der Waals surface area contributed by atoms with Gasteiger partial charge in [-0.25, -0.2) is 0 Å². The second-order valence-corrected chi connectivity index (χ2v) is 13.7. The maximum absolute atomic E-state index is 7.05. The van der Waals surface area contributed by atoms with Crippen molar-refractivity contribution in [1.82, 2.24) is 0 Å². The van der Waals surface area contributed by atoms with Gasteiger partial charge in [0, 0.05) is 27.9 Å². The van der Waals surface area contributed by atoms with Gasteiger partial charge in [0.15, 0.2) is 0 Å². The lowest BCUT2D eigenvalue weighted by atomic mass is 9.56. The summed E-state index contributed by atoms with van der Waals surface area (Å²) in [5, 5.41) is 0. The van der Waals surface area contributed by atoms with E-state index in [0.717, 1.165) is 12.2 Å². The second kappa shape index (κ2) is 7.45. The van der Waals surface area contributed by atoms with Crippen molar-refractivity contribution < 1.29 is 4.74 Å². The Morgan fingerprint density at radius 3 is 2.38 bits per heavy atom. The third-order valence-corrected chi connectivity index (χ3v) is 12.1. The summed E-state index contributed by atoms with van der Waals surface area (Å²) in [4.78, 5) is 0. The van der Waals surface area contributed by atoms with Gasteiger partial charge in [0.2, 0.25) is 0 Å². The molecule has 1 heterocycles. The third-order valence-electron chi connectivity index (χ3n) is 12.1. The summed E-state index contributed by atoms with van der Waals surface area (Å²) in [6.07, 6.45) is 8.67. The van der Waals surface area contributed by atoms with Crippen LogP contribution in [0.5, 0.6) is 5.75 Å². The highest BCUT2D eigenvalue weighted by molar-refractivity contribution is 6.12. The molecule has 6 aliphatic carbocycles. The predicted molar refractivity (Wildman–Crippen MR) is 168 cm³/mol. The van der Waals surface area contributed by atoms with Crippen LogP contribution in [0.4, 0.5) is 0 Å². The van der Waals surface area contributed by atoms with Crippen molar-refractivity contribution in [2.45, 2.75) is 67.8 Å². The smallest absolute Gasteiger partial charge is 0.136 e. The van der Waals surface area contributed by atoms with Crippen molar-refractivity contribution in [2.75, 3.05) is 0 Å². The van der Waals surface area contributed by atoms with E-state index < -0.39 is 0 Å². The molecule has 4 aromatic carbocycles. The Labute approximate surface area is 247 Å². The van der Waals surface area contributed by atoms with Crippen molar-refractivity contribution >= 4 is 11.1 Å². The van der Waals surface area contributed by atoms with Crippen molar-refractivity contribution in [3.63, 3.8) is 0 Å². The molecule has 0 N–H and O–H groups in total. The van der Waals surface area contributed by atoms with Crippen molar-refractivity contribution in [3.8, 4) is 5.75 Å². The largest absolute Gasteiger partial charge is 0.484 e. The molecule has 2 spiro atoms. The summed E-state index contributed by atoms with van der Waals surface area (Å²) >= 11 is 0. The fourth-order valence-electron chi connectivity index (χ4n) is 11.1. The van der Waals surface area contributed by atoms with Gasteiger partial charge in [-0.3, -0.25) is 0 Å². The van der Waals surface area contributed by atoms with E-state index in [1.165, 1.54) is 77.5 Å². The number of ether oxygens (including phenoxy) is 1. The van der Waals surface area contributed by atoms with Gasteiger partial charge in [0.1, 0.15) is 11.9 Å². The molecule has 0 aromatic heterocycles. The van der Waals surface area contributed by atoms with Crippen LogP contribution in [0.25, 0.3) is 11.1 Å². The molecular weight excluding hydrogens is 508 g/mol. The fourth-order valence-corrected chi connectivity index (χ4v) is 11.1. The fraction of sp³-hybridized carbons (Fsp3) is 0.268. The van der Waals surface area contributed by atoms with Crippen LogP contribution in [0.15, 0.2) is 119 Å². The van der Waals surface area contributed by atoms with E-state index in [9.17, 15) is 0 Å². The molecule has 0 radical (unpaired) electrons. The zero-order valence-corrected chi connectivity index (χ0v) is 23.8. The predicted octanol–water partition coefficient (Wildman–Crippen LogP) is 9.22. The standard InChI is InChI=1S/C41H32O/c1-2-10-24(11-3-1)22-25-18-19-28-31(23-25)41-21-9-13-26-12-8-20-40(39(26)41)30-16-6-4-14-27(30)35-37(40)36(41)33(28)34-29-15-5-7-17-32(29)42-38(34)35/h1-7,10-11,14-19,23,35,38H,8-9,12-13,20-22H2. The van der Waals surface area contributed by atoms with Crippen LogP contribution >= 0.6 is 0 Å². The zero-order chi connectivity index (χ0) is 27.2. The molecule has 1 nitrogen and oxygen atoms in total. The molecule has 0 amide bonds. The molecular formula is C41H32O. The van der Waals surface area contributed by atoms with E-state index in [0.29, 0.717) is 5.92 Å². The van der Waals surface area contributed by atoms with Gasteiger partial charge in [0.25, 0.3) is 0 Å². The number of fused-ring (bicyclic) bond motifs is 8. The monoisotopic (exact) mass is 540 g/mol. The minimum absolute atomic E-state index is 0.0159. The first kappa shape index (κ1) is 22.5. The van der Waals surface area contributed by atoms with Gasteiger partial charge in [-0.1, -0.05) is 96.6 Å². The lowest BCUT2D eigenvalue weighted by molar-refractivity contribution is 0.252. The SMILES string of the molecule is c1ccc(Cc2ccc3c(c2)C24CCCC5=C2C2(CCC5)C5=C4C3=C3c4ccccc4OC3C5c3ccccc32)cc1. The Balaban J connectivity index is 1.29. The summed E-state index contributed by atoms with van der Waals surface area (Å²) in [7, 11) is 0. The van der Waals surface area contributed by atoms with Gasteiger partial charge >= 0.3 is 0 Å². The molecule has 4 unspecified atom stereocenters. The first-order valence-corrected chi connectivity index (χ1v) is 16.1.